The minimum absolute atomic E-state index is 0.0554. The number of phenols is 1. The minimum Gasteiger partial charge on any atom is -0.504 e. The highest BCUT2D eigenvalue weighted by Crippen LogP contribution is 2.26. The van der Waals surface area contributed by atoms with Gasteiger partial charge in [0.05, 0.1) is 7.11 Å². The summed E-state index contributed by atoms with van der Waals surface area (Å²) in [6, 6.07) is 5.07. The van der Waals surface area contributed by atoms with Gasteiger partial charge in [0.15, 0.2) is 11.5 Å². The predicted octanol–water partition coefficient (Wildman–Crippen LogP) is 9.34. The van der Waals surface area contributed by atoms with Crippen LogP contribution in [0, 0.1) is 5.92 Å². The largest absolute Gasteiger partial charge is 0.504 e. The number of benzene rings is 1. The van der Waals surface area contributed by atoms with Crippen LogP contribution in [-0.2, 0) is 16.1 Å². The zero-order valence-electron chi connectivity index (χ0n) is 26.0. The fourth-order valence-electron chi connectivity index (χ4n) is 4.33. The number of carboxylic acids is 1. The van der Waals surface area contributed by atoms with E-state index in [0.717, 1.165) is 37.7 Å². The second-order valence-corrected chi connectivity index (χ2v) is 11.1. The van der Waals surface area contributed by atoms with Crippen molar-refractivity contribution < 1.29 is 24.5 Å². The molecule has 0 saturated carbocycles. The average Bonchev–Trinajstić information content (AvgIpc) is 2.92. The normalized spacial score (nSPS) is 10.9. The van der Waals surface area contributed by atoms with E-state index in [9.17, 15) is 14.7 Å². The fraction of sp³-hybridized carbons (Fsp3) is 0.706. The standard InChI is InChI=1S/C18H27NO3.C16H32O2/c1-14(2)8-6-4-5-7-9-18(21)19-13-15-10-11-16(20)17(12-15)22-3;1-2-3-4-5-6-7-8-9-10-11-12-13-14-15-16(17)18/h6,8,10-12,14,20H,4-5,7,9,13H2,1-3H3,(H,19,21);2-15H2,1H3,(H,17,18). The van der Waals surface area contributed by atoms with E-state index in [2.05, 4.69) is 38.2 Å². The van der Waals surface area contributed by atoms with Gasteiger partial charge in [-0.2, -0.15) is 0 Å². The molecule has 6 nitrogen and oxygen atoms in total. The zero-order chi connectivity index (χ0) is 29.8. The number of carboxylic acid groups (broad SMARTS) is 1. The first kappa shape index (κ1) is 37.5. The summed E-state index contributed by atoms with van der Waals surface area (Å²) in [6.07, 6.45) is 25.2. The van der Waals surface area contributed by atoms with Crippen molar-refractivity contribution in [1.29, 1.82) is 0 Å². The van der Waals surface area contributed by atoms with E-state index in [0.29, 0.717) is 31.1 Å². The summed E-state index contributed by atoms with van der Waals surface area (Å²) in [4.78, 5) is 22.1. The Labute approximate surface area is 245 Å². The van der Waals surface area contributed by atoms with Crippen molar-refractivity contribution in [2.45, 2.75) is 143 Å². The lowest BCUT2D eigenvalue weighted by molar-refractivity contribution is -0.137. The summed E-state index contributed by atoms with van der Waals surface area (Å²) in [6.45, 7) is 7.02. The van der Waals surface area contributed by atoms with Gasteiger partial charge in [0.2, 0.25) is 5.91 Å². The van der Waals surface area contributed by atoms with Gasteiger partial charge in [-0.25, -0.2) is 0 Å². The summed E-state index contributed by atoms with van der Waals surface area (Å²) >= 11 is 0. The monoisotopic (exact) mass is 561 g/mol. The smallest absolute Gasteiger partial charge is 0.303 e. The Morgan fingerprint density at radius 2 is 1.40 bits per heavy atom. The number of aromatic hydroxyl groups is 1. The molecule has 0 aliphatic rings. The minimum atomic E-state index is -0.655. The van der Waals surface area contributed by atoms with Crippen LogP contribution < -0.4 is 10.1 Å². The molecule has 1 rings (SSSR count). The van der Waals surface area contributed by atoms with Gasteiger partial charge in [-0.3, -0.25) is 9.59 Å². The van der Waals surface area contributed by atoms with E-state index in [1.54, 1.807) is 18.2 Å². The van der Waals surface area contributed by atoms with Crippen LogP contribution >= 0.6 is 0 Å². The number of methoxy groups -OCH3 is 1. The summed E-state index contributed by atoms with van der Waals surface area (Å²) < 4.78 is 5.04. The topological polar surface area (TPSA) is 95.9 Å². The number of amides is 1. The van der Waals surface area contributed by atoms with Crippen molar-refractivity contribution in [1.82, 2.24) is 5.32 Å². The zero-order valence-corrected chi connectivity index (χ0v) is 26.0. The maximum atomic E-state index is 11.8. The first-order chi connectivity index (χ1) is 19.3. The maximum absolute atomic E-state index is 11.8. The molecule has 0 aromatic heterocycles. The molecule has 0 spiro atoms. The third-order valence-electron chi connectivity index (χ3n) is 6.77. The highest BCUT2D eigenvalue weighted by Gasteiger charge is 2.05. The van der Waals surface area contributed by atoms with Crippen LogP contribution in [0.15, 0.2) is 30.4 Å². The van der Waals surface area contributed by atoms with Gasteiger partial charge in [-0.15, -0.1) is 0 Å². The SMILES string of the molecule is CCCCCCCCCCCCCCCC(=O)O.COc1cc(CNC(=O)CCCCC=CC(C)C)ccc1O. The average molecular weight is 562 g/mol. The molecule has 1 amide bonds. The molecule has 0 saturated heterocycles. The van der Waals surface area contributed by atoms with Crippen molar-refractivity contribution in [3.05, 3.63) is 35.9 Å². The molecule has 1 aromatic carbocycles. The summed E-state index contributed by atoms with van der Waals surface area (Å²) in [5.41, 5.74) is 0.905. The Hall–Kier alpha value is -2.50. The molecule has 1 aromatic rings. The highest BCUT2D eigenvalue weighted by molar-refractivity contribution is 5.75. The highest BCUT2D eigenvalue weighted by atomic mass is 16.5. The van der Waals surface area contributed by atoms with E-state index in [1.165, 1.54) is 77.7 Å². The number of ether oxygens (including phenoxy) is 1. The van der Waals surface area contributed by atoms with Crippen LogP contribution in [0.2, 0.25) is 0 Å². The van der Waals surface area contributed by atoms with Crippen molar-refractivity contribution >= 4 is 11.9 Å². The molecule has 3 N–H and O–H groups in total. The Balaban J connectivity index is 0.000000778. The number of allylic oxidation sites excluding steroid dienone is 2. The summed E-state index contributed by atoms with van der Waals surface area (Å²) in [5, 5.41) is 20.9. The molecule has 0 heterocycles. The number of rotatable bonds is 23. The predicted molar refractivity (Wildman–Crippen MR) is 167 cm³/mol. The Bertz CT molecular complexity index is 791. The molecule has 40 heavy (non-hydrogen) atoms. The van der Waals surface area contributed by atoms with Crippen LogP contribution in [0.3, 0.4) is 0 Å². The number of phenolic OH excluding ortho intramolecular Hbond substituents is 1. The number of unbranched alkanes of at least 4 members (excludes halogenated alkanes) is 14. The molecular formula is C34H59NO5. The number of nitrogens with one attached hydrogen (secondary N) is 1. The van der Waals surface area contributed by atoms with Crippen molar-refractivity contribution in [3.8, 4) is 11.5 Å². The van der Waals surface area contributed by atoms with Gasteiger partial charge < -0.3 is 20.3 Å². The summed E-state index contributed by atoms with van der Waals surface area (Å²) in [5.74, 6) is 0.513. The lowest BCUT2D eigenvalue weighted by Gasteiger charge is -2.08. The summed E-state index contributed by atoms with van der Waals surface area (Å²) in [7, 11) is 1.51. The number of aliphatic carboxylic acids is 1. The molecule has 0 radical (unpaired) electrons. The van der Waals surface area contributed by atoms with Gasteiger partial charge in [0.1, 0.15) is 0 Å². The molecule has 0 atom stereocenters. The van der Waals surface area contributed by atoms with Crippen LogP contribution in [0.1, 0.15) is 142 Å². The Morgan fingerprint density at radius 1 is 0.850 bits per heavy atom. The lowest BCUT2D eigenvalue weighted by Crippen LogP contribution is -2.22. The number of hydrogen-bond acceptors (Lipinski definition) is 4. The van der Waals surface area contributed by atoms with Crippen LogP contribution in [0.4, 0.5) is 0 Å². The first-order valence-corrected chi connectivity index (χ1v) is 15.8. The van der Waals surface area contributed by atoms with E-state index in [1.807, 2.05) is 0 Å². The fourth-order valence-corrected chi connectivity index (χ4v) is 4.33. The van der Waals surface area contributed by atoms with E-state index in [-0.39, 0.29) is 11.7 Å². The number of hydrogen-bond donors (Lipinski definition) is 3. The lowest BCUT2D eigenvalue weighted by atomic mass is 10.0. The first-order valence-electron chi connectivity index (χ1n) is 15.8. The van der Waals surface area contributed by atoms with Crippen molar-refractivity contribution in [2.24, 2.45) is 5.92 Å². The van der Waals surface area contributed by atoms with Crippen LogP contribution in [0.5, 0.6) is 11.5 Å². The molecule has 0 fully saturated rings. The third kappa shape index (κ3) is 24.5. The quantitative estimate of drug-likeness (QED) is 0.0913. The van der Waals surface area contributed by atoms with Gasteiger partial charge in [0.25, 0.3) is 0 Å². The Morgan fingerprint density at radius 3 is 1.93 bits per heavy atom. The number of carbonyl (C=O) groups is 2. The molecule has 0 aliphatic heterocycles. The van der Waals surface area contributed by atoms with Gasteiger partial charge in [-0.05, 0) is 49.3 Å². The molecular weight excluding hydrogens is 502 g/mol. The molecule has 6 heteroatoms. The maximum Gasteiger partial charge on any atom is 0.303 e. The molecule has 230 valence electrons. The van der Waals surface area contributed by atoms with Crippen molar-refractivity contribution in [3.63, 3.8) is 0 Å². The second-order valence-electron chi connectivity index (χ2n) is 11.1. The van der Waals surface area contributed by atoms with Crippen LogP contribution in [0.25, 0.3) is 0 Å². The van der Waals surface area contributed by atoms with Crippen molar-refractivity contribution in [2.75, 3.05) is 7.11 Å². The second kappa shape index (κ2) is 26.7. The van der Waals surface area contributed by atoms with Gasteiger partial charge >= 0.3 is 5.97 Å². The Kier molecular flexibility index (Phi) is 25.0. The van der Waals surface area contributed by atoms with E-state index in [4.69, 9.17) is 9.84 Å². The van der Waals surface area contributed by atoms with Gasteiger partial charge in [0, 0.05) is 19.4 Å². The van der Waals surface area contributed by atoms with Gasteiger partial charge in [-0.1, -0.05) is 116 Å². The van der Waals surface area contributed by atoms with E-state index < -0.39 is 5.97 Å². The number of carbonyl (C=O) groups excluding carboxylic acids is 1. The van der Waals surface area contributed by atoms with Crippen LogP contribution in [-0.4, -0.2) is 29.2 Å². The third-order valence-corrected chi connectivity index (χ3v) is 6.77. The molecule has 0 bridgehead atoms. The molecule has 0 unspecified atom stereocenters. The van der Waals surface area contributed by atoms with E-state index >= 15 is 0 Å². The molecule has 0 aliphatic carbocycles.